The quantitative estimate of drug-likeness (QED) is 0.930. The molecule has 23 heavy (non-hydrogen) atoms. The van der Waals surface area contributed by atoms with Gasteiger partial charge in [0.25, 0.3) is 0 Å². The van der Waals surface area contributed by atoms with Crippen molar-refractivity contribution in [3.8, 4) is 0 Å². The van der Waals surface area contributed by atoms with Crippen LogP contribution in [0.2, 0.25) is 0 Å². The van der Waals surface area contributed by atoms with Crippen LogP contribution in [0.25, 0.3) is 0 Å². The van der Waals surface area contributed by atoms with Gasteiger partial charge in [-0.2, -0.15) is 0 Å². The standard InChI is InChI=1S/C17H20FN3OS/c1-11-6-7-13-14(4-3-5-15(13)18)16(11)20-17(22)21(2)8-12-9-23-10-19-12/h3-5,9-11,16H,6-8H2,1-2H3,(H,20,22). The molecular formula is C17H20FN3OS. The van der Waals surface area contributed by atoms with Crippen LogP contribution >= 0.6 is 11.3 Å². The molecule has 4 nitrogen and oxygen atoms in total. The van der Waals surface area contributed by atoms with Crippen LogP contribution in [0, 0.1) is 11.7 Å². The second-order valence-corrected chi connectivity index (χ2v) is 6.81. The minimum atomic E-state index is -0.176. The van der Waals surface area contributed by atoms with Gasteiger partial charge >= 0.3 is 6.03 Å². The van der Waals surface area contributed by atoms with E-state index in [2.05, 4.69) is 17.2 Å². The second-order valence-electron chi connectivity index (χ2n) is 6.09. The predicted molar refractivity (Wildman–Crippen MR) is 88.7 cm³/mol. The van der Waals surface area contributed by atoms with Crippen molar-refractivity contribution in [2.75, 3.05) is 7.05 Å². The van der Waals surface area contributed by atoms with Gasteiger partial charge in [-0.3, -0.25) is 0 Å². The van der Waals surface area contributed by atoms with Crippen LogP contribution in [0.15, 0.2) is 29.1 Å². The topological polar surface area (TPSA) is 45.2 Å². The number of amides is 2. The average molecular weight is 333 g/mol. The molecule has 2 unspecified atom stereocenters. The Balaban J connectivity index is 1.74. The summed E-state index contributed by atoms with van der Waals surface area (Å²) in [6, 6.07) is 4.80. The number of hydrogen-bond acceptors (Lipinski definition) is 3. The van der Waals surface area contributed by atoms with E-state index in [0.29, 0.717) is 6.54 Å². The van der Waals surface area contributed by atoms with Crippen molar-refractivity contribution < 1.29 is 9.18 Å². The summed E-state index contributed by atoms with van der Waals surface area (Å²) in [6.45, 7) is 2.56. The fourth-order valence-electron chi connectivity index (χ4n) is 3.07. The van der Waals surface area contributed by atoms with Gasteiger partial charge in [0.1, 0.15) is 5.82 Å². The number of fused-ring (bicyclic) bond motifs is 1. The predicted octanol–water partition coefficient (Wildman–Crippen LogP) is 3.75. The molecule has 1 aromatic heterocycles. The van der Waals surface area contributed by atoms with E-state index in [0.717, 1.165) is 29.7 Å². The first-order valence-corrected chi connectivity index (χ1v) is 8.66. The number of hydrogen-bond donors (Lipinski definition) is 1. The van der Waals surface area contributed by atoms with Crippen molar-refractivity contribution >= 4 is 17.4 Å². The van der Waals surface area contributed by atoms with E-state index in [1.807, 2.05) is 11.4 Å². The smallest absolute Gasteiger partial charge is 0.317 e. The zero-order chi connectivity index (χ0) is 16.4. The Morgan fingerprint density at radius 1 is 1.52 bits per heavy atom. The van der Waals surface area contributed by atoms with Crippen molar-refractivity contribution in [2.45, 2.75) is 32.4 Å². The summed E-state index contributed by atoms with van der Waals surface area (Å²) in [4.78, 5) is 18.3. The Kier molecular flexibility index (Phi) is 4.61. The number of nitrogens with one attached hydrogen (secondary N) is 1. The summed E-state index contributed by atoms with van der Waals surface area (Å²) >= 11 is 1.51. The van der Waals surface area contributed by atoms with Crippen molar-refractivity contribution in [2.24, 2.45) is 5.92 Å². The van der Waals surface area contributed by atoms with E-state index >= 15 is 0 Å². The van der Waals surface area contributed by atoms with Crippen LogP contribution in [0.4, 0.5) is 9.18 Å². The third kappa shape index (κ3) is 3.37. The molecule has 122 valence electrons. The molecule has 0 saturated heterocycles. The molecule has 0 fully saturated rings. The van der Waals surface area contributed by atoms with Gasteiger partial charge in [0.05, 0.1) is 23.8 Å². The lowest BCUT2D eigenvalue weighted by Crippen LogP contribution is -2.42. The van der Waals surface area contributed by atoms with Crippen molar-refractivity contribution in [1.82, 2.24) is 15.2 Å². The van der Waals surface area contributed by atoms with E-state index in [1.54, 1.807) is 23.5 Å². The summed E-state index contributed by atoms with van der Waals surface area (Å²) in [5.74, 6) is 0.102. The monoisotopic (exact) mass is 333 g/mol. The highest BCUT2D eigenvalue weighted by Crippen LogP contribution is 2.35. The highest BCUT2D eigenvalue weighted by molar-refractivity contribution is 7.07. The minimum Gasteiger partial charge on any atom is -0.331 e. The number of carbonyl (C=O) groups is 1. The molecule has 1 aliphatic rings. The lowest BCUT2D eigenvalue weighted by Gasteiger charge is -2.33. The number of thiazole rings is 1. The first-order chi connectivity index (χ1) is 11.1. The van der Waals surface area contributed by atoms with E-state index in [9.17, 15) is 9.18 Å². The summed E-state index contributed by atoms with van der Waals surface area (Å²) in [7, 11) is 1.74. The first-order valence-electron chi connectivity index (χ1n) is 7.72. The molecule has 0 radical (unpaired) electrons. The molecule has 1 aromatic carbocycles. The highest BCUT2D eigenvalue weighted by Gasteiger charge is 2.30. The number of rotatable bonds is 3. The molecule has 2 amide bonds. The van der Waals surface area contributed by atoms with Crippen LogP contribution < -0.4 is 5.32 Å². The van der Waals surface area contributed by atoms with Crippen LogP contribution in [0.3, 0.4) is 0 Å². The third-order valence-corrected chi connectivity index (χ3v) is 5.05. The Bertz CT molecular complexity index is 689. The van der Waals surface area contributed by atoms with Gasteiger partial charge in [-0.15, -0.1) is 11.3 Å². The maximum absolute atomic E-state index is 14.0. The summed E-state index contributed by atoms with van der Waals surface area (Å²) in [5, 5.41) is 4.99. The molecule has 1 N–H and O–H groups in total. The Morgan fingerprint density at radius 2 is 2.35 bits per heavy atom. The lowest BCUT2D eigenvalue weighted by atomic mass is 9.80. The van der Waals surface area contributed by atoms with E-state index in [-0.39, 0.29) is 23.8 Å². The summed E-state index contributed by atoms with van der Waals surface area (Å²) < 4.78 is 14.0. The molecule has 3 rings (SSSR count). The number of nitrogens with zero attached hydrogens (tertiary/aromatic N) is 2. The number of benzene rings is 1. The highest BCUT2D eigenvalue weighted by atomic mass is 32.1. The van der Waals surface area contributed by atoms with Gasteiger partial charge in [0.2, 0.25) is 0 Å². The van der Waals surface area contributed by atoms with E-state index < -0.39 is 0 Å². The van der Waals surface area contributed by atoms with Crippen molar-refractivity contribution in [3.05, 3.63) is 51.7 Å². The largest absolute Gasteiger partial charge is 0.331 e. The average Bonchev–Trinajstić information content (AvgIpc) is 3.03. The normalized spacial score (nSPS) is 20.0. The van der Waals surface area contributed by atoms with Gasteiger partial charge in [0, 0.05) is 12.4 Å². The van der Waals surface area contributed by atoms with Gasteiger partial charge in [-0.1, -0.05) is 19.1 Å². The van der Waals surface area contributed by atoms with Crippen LogP contribution in [0.1, 0.15) is 36.2 Å². The fourth-order valence-corrected chi connectivity index (χ4v) is 3.62. The van der Waals surface area contributed by atoms with Crippen LogP contribution in [-0.4, -0.2) is 23.0 Å². The fraction of sp³-hybridized carbons (Fsp3) is 0.412. The number of halogens is 1. The zero-order valence-electron chi connectivity index (χ0n) is 13.3. The second kappa shape index (κ2) is 6.66. The van der Waals surface area contributed by atoms with E-state index in [1.165, 1.54) is 17.4 Å². The number of aromatic nitrogens is 1. The molecule has 0 saturated carbocycles. The third-order valence-electron chi connectivity index (χ3n) is 4.42. The van der Waals surface area contributed by atoms with Crippen LogP contribution in [0.5, 0.6) is 0 Å². The molecule has 1 aliphatic carbocycles. The summed E-state index contributed by atoms with van der Waals surface area (Å²) in [6.07, 6.45) is 1.60. The molecule has 0 bridgehead atoms. The van der Waals surface area contributed by atoms with Crippen LogP contribution in [-0.2, 0) is 13.0 Å². The van der Waals surface area contributed by atoms with Gasteiger partial charge in [0.15, 0.2) is 0 Å². The number of carbonyl (C=O) groups excluding carboxylic acids is 1. The zero-order valence-corrected chi connectivity index (χ0v) is 14.1. The molecule has 1 heterocycles. The lowest BCUT2D eigenvalue weighted by molar-refractivity contribution is 0.195. The number of urea groups is 1. The summed E-state index contributed by atoms with van der Waals surface area (Å²) in [5.41, 5.74) is 4.26. The maximum Gasteiger partial charge on any atom is 0.317 e. The molecular weight excluding hydrogens is 313 g/mol. The molecule has 2 atom stereocenters. The molecule has 2 aromatic rings. The van der Waals surface area contributed by atoms with Crippen molar-refractivity contribution in [1.29, 1.82) is 0 Å². The Morgan fingerprint density at radius 3 is 3.09 bits per heavy atom. The molecule has 6 heteroatoms. The first kappa shape index (κ1) is 15.9. The van der Waals surface area contributed by atoms with Gasteiger partial charge in [-0.25, -0.2) is 14.2 Å². The Hall–Kier alpha value is -1.95. The molecule has 0 aliphatic heterocycles. The van der Waals surface area contributed by atoms with Crippen molar-refractivity contribution in [3.63, 3.8) is 0 Å². The van der Waals surface area contributed by atoms with Gasteiger partial charge < -0.3 is 10.2 Å². The molecule has 0 spiro atoms. The minimum absolute atomic E-state index is 0.153. The Labute approximate surface area is 139 Å². The van der Waals surface area contributed by atoms with E-state index in [4.69, 9.17) is 0 Å². The maximum atomic E-state index is 14.0. The SMILES string of the molecule is CC1CCc2c(F)cccc2C1NC(=O)N(C)Cc1cscn1. The van der Waals surface area contributed by atoms with Gasteiger partial charge in [-0.05, 0) is 36.0 Å².